The van der Waals surface area contributed by atoms with Crippen LogP contribution in [0.5, 0.6) is 5.88 Å². The summed E-state index contributed by atoms with van der Waals surface area (Å²) in [6.07, 6.45) is 1.54. The summed E-state index contributed by atoms with van der Waals surface area (Å²) >= 11 is 5.70. The number of nitrogens with zero attached hydrogens (tertiary/aromatic N) is 2. The van der Waals surface area contributed by atoms with Crippen LogP contribution in [-0.2, 0) is 0 Å². The first kappa shape index (κ1) is 13.6. The van der Waals surface area contributed by atoms with Gasteiger partial charge in [0.05, 0.1) is 11.6 Å². The summed E-state index contributed by atoms with van der Waals surface area (Å²) in [5, 5.41) is 3.57. The van der Waals surface area contributed by atoms with Crippen molar-refractivity contribution >= 4 is 17.6 Å². The fraction of sp³-hybridized carbons (Fsp3) is 0.455. The molecule has 1 rings (SSSR count). The van der Waals surface area contributed by atoms with Crippen molar-refractivity contribution in [2.45, 2.75) is 19.9 Å². The highest BCUT2D eigenvalue weighted by molar-refractivity contribution is 6.30. The number of rotatable bonds is 5. The predicted octanol–water partition coefficient (Wildman–Crippen LogP) is 1.43. The number of halogens is 1. The fourth-order valence-electron chi connectivity index (χ4n) is 1.11. The normalized spacial score (nSPS) is 11.6. The molecule has 1 heterocycles. The molecule has 0 atom stereocenters. The molecule has 0 aromatic carbocycles. The third-order valence-corrected chi connectivity index (χ3v) is 1.98. The van der Waals surface area contributed by atoms with E-state index in [1.54, 1.807) is 12.1 Å². The Hall–Kier alpha value is -1.49. The molecular formula is C11H17ClN4O. The van der Waals surface area contributed by atoms with E-state index in [1.165, 1.54) is 6.20 Å². The van der Waals surface area contributed by atoms with Gasteiger partial charge < -0.3 is 15.8 Å². The number of nitrogens with one attached hydrogen (secondary N) is 1. The van der Waals surface area contributed by atoms with Gasteiger partial charge in [-0.05, 0) is 19.9 Å². The van der Waals surface area contributed by atoms with Crippen LogP contribution in [-0.4, -0.2) is 30.1 Å². The van der Waals surface area contributed by atoms with Crippen LogP contribution in [0.2, 0.25) is 5.02 Å². The van der Waals surface area contributed by atoms with Gasteiger partial charge in [-0.15, -0.1) is 0 Å². The zero-order valence-electron chi connectivity index (χ0n) is 9.98. The van der Waals surface area contributed by atoms with E-state index in [0.717, 1.165) is 0 Å². The minimum absolute atomic E-state index is 0.276. The van der Waals surface area contributed by atoms with E-state index in [4.69, 9.17) is 22.1 Å². The Morgan fingerprint density at radius 3 is 2.94 bits per heavy atom. The summed E-state index contributed by atoms with van der Waals surface area (Å²) in [5.74, 6) is 0.952. The summed E-state index contributed by atoms with van der Waals surface area (Å²) in [6, 6.07) is 3.71. The molecule has 0 fully saturated rings. The highest BCUT2D eigenvalue weighted by Crippen LogP contribution is 2.10. The second-order valence-corrected chi connectivity index (χ2v) is 4.17. The Kier molecular flexibility index (Phi) is 5.56. The topological polar surface area (TPSA) is 72.5 Å². The number of hydrogen-bond acceptors (Lipinski definition) is 3. The lowest BCUT2D eigenvalue weighted by molar-refractivity contribution is 0.316. The van der Waals surface area contributed by atoms with Gasteiger partial charge in [-0.25, -0.2) is 9.98 Å². The highest BCUT2D eigenvalue weighted by atomic mass is 35.5. The third kappa shape index (κ3) is 5.97. The van der Waals surface area contributed by atoms with Gasteiger partial charge in [0.25, 0.3) is 0 Å². The lowest BCUT2D eigenvalue weighted by Crippen LogP contribution is -2.37. The molecule has 0 unspecified atom stereocenters. The molecule has 0 saturated carbocycles. The van der Waals surface area contributed by atoms with E-state index < -0.39 is 0 Å². The van der Waals surface area contributed by atoms with Crippen LogP contribution in [0.1, 0.15) is 13.8 Å². The lowest BCUT2D eigenvalue weighted by atomic mass is 10.4. The monoisotopic (exact) mass is 256 g/mol. The molecule has 0 spiro atoms. The van der Waals surface area contributed by atoms with Gasteiger partial charge in [-0.3, -0.25) is 0 Å². The zero-order chi connectivity index (χ0) is 12.7. The lowest BCUT2D eigenvalue weighted by Gasteiger charge is -2.08. The zero-order valence-corrected chi connectivity index (χ0v) is 10.7. The maximum Gasteiger partial charge on any atom is 0.213 e. The van der Waals surface area contributed by atoms with Crippen LogP contribution >= 0.6 is 11.6 Å². The van der Waals surface area contributed by atoms with Crippen molar-refractivity contribution in [1.29, 1.82) is 0 Å². The van der Waals surface area contributed by atoms with E-state index in [0.29, 0.717) is 30.0 Å². The quantitative estimate of drug-likeness (QED) is 0.475. The first-order valence-electron chi connectivity index (χ1n) is 5.38. The molecule has 17 heavy (non-hydrogen) atoms. The minimum Gasteiger partial charge on any atom is -0.476 e. The summed E-state index contributed by atoms with van der Waals surface area (Å²) < 4.78 is 5.36. The molecule has 6 heteroatoms. The predicted molar refractivity (Wildman–Crippen MR) is 69.5 cm³/mol. The second kappa shape index (κ2) is 6.96. The fourth-order valence-corrected chi connectivity index (χ4v) is 1.22. The number of aromatic nitrogens is 1. The van der Waals surface area contributed by atoms with Gasteiger partial charge >= 0.3 is 0 Å². The molecule has 3 N–H and O–H groups in total. The van der Waals surface area contributed by atoms with Gasteiger partial charge in [0.15, 0.2) is 5.96 Å². The molecule has 0 aliphatic heterocycles. The van der Waals surface area contributed by atoms with Crippen molar-refractivity contribution < 1.29 is 4.74 Å². The first-order valence-corrected chi connectivity index (χ1v) is 5.76. The molecule has 0 radical (unpaired) electrons. The van der Waals surface area contributed by atoms with Crippen LogP contribution < -0.4 is 15.8 Å². The smallest absolute Gasteiger partial charge is 0.213 e. The Labute approximate surface area is 106 Å². The van der Waals surface area contributed by atoms with Gasteiger partial charge in [0, 0.05) is 18.3 Å². The first-order chi connectivity index (χ1) is 8.08. The SMILES string of the molecule is CC(C)NC(N)=NCCOc1ccc(Cl)cn1. The van der Waals surface area contributed by atoms with E-state index in [1.807, 2.05) is 13.8 Å². The van der Waals surface area contributed by atoms with Crippen LogP contribution in [0.15, 0.2) is 23.3 Å². The largest absolute Gasteiger partial charge is 0.476 e. The van der Waals surface area contributed by atoms with Crippen molar-refractivity contribution in [2.75, 3.05) is 13.2 Å². The Morgan fingerprint density at radius 2 is 2.35 bits per heavy atom. The number of nitrogens with two attached hydrogens (primary N) is 1. The molecule has 5 nitrogen and oxygen atoms in total. The summed E-state index contributed by atoms with van der Waals surface area (Å²) in [5.41, 5.74) is 5.62. The van der Waals surface area contributed by atoms with Crippen LogP contribution in [0.25, 0.3) is 0 Å². The summed E-state index contributed by atoms with van der Waals surface area (Å²) in [7, 11) is 0. The van der Waals surface area contributed by atoms with E-state index >= 15 is 0 Å². The Bertz CT molecular complexity index is 364. The van der Waals surface area contributed by atoms with Crippen LogP contribution in [0.4, 0.5) is 0 Å². The standard InChI is InChI=1S/C11H17ClN4O/c1-8(2)16-11(13)14-5-6-17-10-4-3-9(12)7-15-10/h3-4,7-8H,5-6H2,1-2H3,(H3,13,14,16). The van der Waals surface area contributed by atoms with Gasteiger partial charge in [0.2, 0.25) is 5.88 Å². The number of ether oxygens (including phenoxy) is 1. The minimum atomic E-state index is 0.276. The van der Waals surface area contributed by atoms with E-state index in [9.17, 15) is 0 Å². The summed E-state index contributed by atoms with van der Waals surface area (Å²) in [4.78, 5) is 8.10. The van der Waals surface area contributed by atoms with Crippen molar-refractivity contribution in [3.63, 3.8) is 0 Å². The maximum absolute atomic E-state index is 5.70. The van der Waals surface area contributed by atoms with Crippen molar-refractivity contribution in [3.8, 4) is 5.88 Å². The molecule has 0 saturated heterocycles. The second-order valence-electron chi connectivity index (χ2n) is 3.73. The number of aliphatic imine (C=N–C) groups is 1. The molecule has 0 amide bonds. The van der Waals surface area contributed by atoms with Crippen molar-refractivity contribution in [1.82, 2.24) is 10.3 Å². The van der Waals surface area contributed by atoms with Gasteiger partial charge in [-0.2, -0.15) is 0 Å². The number of pyridine rings is 1. The van der Waals surface area contributed by atoms with Crippen molar-refractivity contribution in [2.24, 2.45) is 10.7 Å². The van der Waals surface area contributed by atoms with Crippen molar-refractivity contribution in [3.05, 3.63) is 23.4 Å². The van der Waals surface area contributed by atoms with E-state index in [-0.39, 0.29) is 6.04 Å². The van der Waals surface area contributed by atoms with E-state index in [2.05, 4.69) is 15.3 Å². The molecular weight excluding hydrogens is 240 g/mol. The molecule has 0 aliphatic carbocycles. The molecule has 0 aliphatic rings. The summed E-state index contributed by atoms with van der Waals surface area (Å²) in [6.45, 7) is 4.90. The van der Waals surface area contributed by atoms with Gasteiger partial charge in [-0.1, -0.05) is 11.6 Å². The van der Waals surface area contributed by atoms with Crippen LogP contribution in [0, 0.1) is 0 Å². The van der Waals surface area contributed by atoms with Crippen LogP contribution in [0.3, 0.4) is 0 Å². The number of guanidine groups is 1. The molecule has 1 aromatic rings. The number of hydrogen-bond donors (Lipinski definition) is 2. The third-order valence-electron chi connectivity index (χ3n) is 1.76. The molecule has 0 bridgehead atoms. The maximum atomic E-state index is 5.70. The average molecular weight is 257 g/mol. The molecule has 1 aromatic heterocycles. The average Bonchev–Trinajstić information content (AvgIpc) is 2.26. The highest BCUT2D eigenvalue weighted by Gasteiger charge is 1.96. The Balaban J connectivity index is 2.26. The van der Waals surface area contributed by atoms with Gasteiger partial charge in [0.1, 0.15) is 6.61 Å². The molecule has 94 valence electrons. The Morgan fingerprint density at radius 1 is 1.59 bits per heavy atom.